The Morgan fingerprint density at radius 1 is 1.33 bits per heavy atom. The maximum atomic E-state index is 11.7. The van der Waals surface area contributed by atoms with Gasteiger partial charge in [0.25, 0.3) is 5.91 Å². The number of rotatable bonds is 5. The van der Waals surface area contributed by atoms with Gasteiger partial charge in [-0.3, -0.25) is 4.79 Å². The molecule has 0 aliphatic heterocycles. The van der Waals surface area contributed by atoms with Crippen LogP contribution in [-0.4, -0.2) is 30.7 Å². The van der Waals surface area contributed by atoms with Gasteiger partial charge in [-0.15, -0.1) is 0 Å². The van der Waals surface area contributed by atoms with Crippen LogP contribution in [0.15, 0.2) is 34.9 Å². The zero-order valence-electron chi connectivity index (χ0n) is 11.6. The lowest BCUT2D eigenvalue weighted by atomic mass is 10.3. The molecule has 0 radical (unpaired) electrons. The van der Waals surface area contributed by atoms with E-state index in [4.69, 9.17) is 14.0 Å². The average molecular weight is 290 g/mol. The molecule has 0 saturated heterocycles. The van der Waals surface area contributed by atoms with E-state index >= 15 is 0 Å². The van der Waals surface area contributed by atoms with Gasteiger partial charge < -0.3 is 19.3 Å². The number of amides is 1. The zero-order valence-corrected chi connectivity index (χ0v) is 11.6. The summed E-state index contributed by atoms with van der Waals surface area (Å²) in [5, 5.41) is 6.15. The Morgan fingerprint density at radius 3 is 2.81 bits per heavy atom. The maximum absolute atomic E-state index is 11.7. The second-order valence-electron chi connectivity index (χ2n) is 4.19. The molecule has 0 unspecified atom stereocenters. The van der Waals surface area contributed by atoms with Crippen molar-refractivity contribution < 1.29 is 23.6 Å². The SMILES string of the molecule is COc1cccc(NC(=O)COC(=O)c2cc(C)no2)c1. The molecule has 7 nitrogen and oxygen atoms in total. The predicted octanol–water partition coefficient (Wildman–Crippen LogP) is 1.79. The summed E-state index contributed by atoms with van der Waals surface area (Å²) in [7, 11) is 1.53. The first-order chi connectivity index (χ1) is 10.1. The number of nitrogens with one attached hydrogen (secondary N) is 1. The van der Waals surface area contributed by atoms with Crippen molar-refractivity contribution in [1.29, 1.82) is 0 Å². The number of carbonyl (C=O) groups is 2. The lowest BCUT2D eigenvalue weighted by molar-refractivity contribution is -0.119. The molecule has 21 heavy (non-hydrogen) atoms. The predicted molar refractivity (Wildman–Crippen MR) is 73.1 cm³/mol. The second-order valence-corrected chi connectivity index (χ2v) is 4.19. The highest BCUT2D eigenvalue weighted by atomic mass is 16.6. The van der Waals surface area contributed by atoms with Crippen LogP contribution in [0.25, 0.3) is 0 Å². The van der Waals surface area contributed by atoms with Gasteiger partial charge in [0, 0.05) is 17.8 Å². The Kier molecular flexibility index (Phi) is 4.55. The van der Waals surface area contributed by atoms with Crippen LogP contribution in [0, 0.1) is 6.92 Å². The lowest BCUT2D eigenvalue weighted by Gasteiger charge is -2.07. The van der Waals surface area contributed by atoms with Crippen LogP contribution >= 0.6 is 0 Å². The van der Waals surface area contributed by atoms with Crippen molar-refractivity contribution in [3.8, 4) is 5.75 Å². The van der Waals surface area contributed by atoms with Crippen LogP contribution in [-0.2, 0) is 9.53 Å². The van der Waals surface area contributed by atoms with Crippen molar-refractivity contribution in [3.05, 3.63) is 41.8 Å². The Balaban J connectivity index is 1.85. The molecule has 1 amide bonds. The van der Waals surface area contributed by atoms with Crippen molar-refractivity contribution in [2.75, 3.05) is 19.0 Å². The van der Waals surface area contributed by atoms with Gasteiger partial charge >= 0.3 is 5.97 Å². The van der Waals surface area contributed by atoms with E-state index < -0.39 is 18.5 Å². The second kappa shape index (κ2) is 6.56. The summed E-state index contributed by atoms with van der Waals surface area (Å²) in [5.74, 6) is -0.632. The Hall–Kier alpha value is -2.83. The Bertz CT molecular complexity index is 650. The van der Waals surface area contributed by atoms with Crippen LogP contribution in [0.2, 0.25) is 0 Å². The molecule has 1 N–H and O–H groups in total. The van der Waals surface area contributed by atoms with Crippen molar-refractivity contribution in [2.45, 2.75) is 6.92 Å². The minimum atomic E-state index is -0.739. The number of esters is 1. The fourth-order valence-electron chi connectivity index (χ4n) is 1.56. The number of benzene rings is 1. The molecule has 1 aromatic carbocycles. The first-order valence-corrected chi connectivity index (χ1v) is 6.13. The minimum absolute atomic E-state index is 0.0401. The normalized spacial score (nSPS) is 10.0. The Morgan fingerprint density at radius 2 is 2.14 bits per heavy atom. The summed E-state index contributed by atoms with van der Waals surface area (Å²) in [6.07, 6.45) is 0. The molecule has 0 saturated carbocycles. The summed E-state index contributed by atoms with van der Waals surface area (Å²) in [5.41, 5.74) is 1.11. The molecule has 0 atom stereocenters. The fraction of sp³-hybridized carbons (Fsp3) is 0.214. The number of aromatic nitrogens is 1. The number of aryl methyl sites for hydroxylation is 1. The van der Waals surface area contributed by atoms with Crippen LogP contribution in [0.1, 0.15) is 16.2 Å². The van der Waals surface area contributed by atoms with E-state index in [0.717, 1.165) is 0 Å². The zero-order chi connectivity index (χ0) is 15.2. The van der Waals surface area contributed by atoms with E-state index in [0.29, 0.717) is 17.1 Å². The van der Waals surface area contributed by atoms with Gasteiger partial charge in [0.2, 0.25) is 5.76 Å². The number of hydrogen-bond donors (Lipinski definition) is 1. The van der Waals surface area contributed by atoms with Gasteiger partial charge in [0.15, 0.2) is 6.61 Å². The van der Waals surface area contributed by atoms with Crippen LogP contribution in [0.5, 0.6) is 5.75 Å². The molecule has 2 rings (SSSR count). The average Bonchev–Trinajstić information content (AvgIpc) is 2.91. The first-order valence-electron chi connectivity index (χ1n) is 6.13. The number of carbonyl (C=O) groups excluding carboxylic acids is 2. The molecule has 0 spiro atoms. The van der Waals surface area contributed by atoms with Gasteiger partial charge in [-0.25, -0.2) is 4.79 Å². The molecule has 1 aromatic heterocycles. The van der Waals surface area contributed by atoms with Gasteiger partial charge in [-0.2, -0.15) is 0 Å². The van der Waals surface area contributed by atoms with Gasteiger partial charge in [-0.1, -0.05) is 11.2 Å². The van der Waals surface area contributed by atoms with E-state index in [-0.39, 0.29) is 5.76 Å². The number of hydrogen-bond acceptors (Lipinski definition) is 6. The van der Waals surface area contributed by atoms with Crippen LogP contribution in [0.3, 0.4) is 0 Å². The number of ether oxygens (including phenoxy) is 2. The van der Waals surface area contributed by atoms with Crippen molar-refractivity contribution >= 4 is 17.6 Å². The Labute approximate surface area is 120 Å². The topological polar surface area (TPSA) is 90.7 Å². The lowest BCUT2D eigenvalue weighted by Crippen LogP contribution is -2.20. The molecule has 110 valence electrons. The van der Waals surface area contributed by atoms with E-state index in [9.17, 15) is 9.59 Å². The number of methoxy groups -OCH3 is 1. The monoisotopic (exact) mass is 290 g/mol. The smallest absolute Gasteiger partial charge is 0.377 e. The molecule has 0 aliphatic rings. The quantitative estimate of drug-likeness (QED) is 0.844. The van der Waals surface area contributed by atoms with Gasteiger partial charge in [0.05, 0.1) is 12.8 Å². The molecular formula is C14H14N2O5. The standard InChI is InChI=1S/C14H14N2O5/c1-9-6-12(21-16-9)14(18)20-8-13(17)15-10-4-3-5-11(7-10)19-2/h3-7H,8H2,1-2H3,(H,15,17). The third kappa shape index (κ3) is 4.07. The summed E-state index contributed by atoms with van der Waals surface area (Å²) in [6.45, 7) is 1.26. The molecule has 0 fully saturated rings. The summed E-state index contributed by atoms with van der Waals surface area (Å²) >= 11 is 0. The number of anilines is 1. The van der Waals surface area contributed by atoms with Gasteiger partial charge in [-0.05, 0) is 19.1 Å². The summed E-state index contributed by atoms with van der Waals surface area (Å²) < 4.78 is 14.6. The molecular weight excluding hydrogens is 276 g/mol. The van der Waals surface area contributed by atoms with E-state index in [2.05, 4.69) is 10.5 Å². The maximum Gasteiger partial charge on any atom is 0.377 e. The number of nitrogens with zero attached hydrogens (tertiary/aromatic N) is 1. The first kappa shape index (κ1) is 14.6. The molecule has 1 heterocycles. The van der Waals surface area contributed by atoms with Crippen LogP contribution in [0.4, 0.5) is 5.69 Å². The van der Waals surface area contributed by atoms with Crippen LogP contribution < -0.4 is 10.1 Å². The molecule has 2 aromatic rings. The molecule has 7 heteroatoms. The molecule has 0 bridgehead atoms. The third-order valence-corrected chi connectivity index (χ3v) is 2.52. The van der Waals surface area contributed by atoms with Gasteiger partial charge in [0.1, 0.15) is 5.75 Å². The highest BCUT2D eigenvalue weighted by Crippen LogP contribution is 2.16. The highest BCUT2D eigenvalue weighted by Gasteiger charge is 2.15. The van der Waals surface area contributed by atoms with E-state index in [1.54, 1.807) is 31.2 Å². The highest BCUT2D eigenvalue weighted by molar-refractivity contribution is 5.94. The largest absolute Gasteiger partial charge is 0.497 e. The van der Waals surface area contributed by atoms with Crippen molar-refractivity contribution in [3.63, 3.8) is 0 Å². The van der Waals surface area contributed by atoms with E-state index in [1.807, 2.05) is 0 Å². The third-order valence-electron chi connectivity index (χ3n) is 2.52. The summed E-state index contributed by atoms with van der Waals surface area (Å²) in [6, 6.07) is 8.27. The van der Waals surface area contributed by atoms with E-state index in [1.165, 1.54) is 13.2 Å². The minimum Gasteiger partial charge on any atom is -0.497 e. The molecule has 0 aliphatic carbocycles. The summed E-state index contributed by atoms with van der Waals surface area (Å²) in [4.78, 5) is 23.2. The van der Waals surface area contributed by atoms with Crippen molar-refractivity contribution in [2.24, 2.45) is 0 Å². The van der Waals surface area contributed by atoms with Crippen molar-refractivity contribution in [1.82, 2.24) is 5.16 Å². The fourth-order valence-corrected chi connectivity index (χ4v) is 1.56.